The molecule has 1 atom stereocenters. The zero-order valence-electron chi connectivity index (χ0n) is 14.5. The highest BCUT2D eigenvalue weighted by molar-refractivity contribution is 5.77. The Hall–Kier alpha value is -1.39. The Kier molecular flexibility index (Phi) is 5.34. The van der Waals surface area contributed by atoms with E-state index in [4.69, 9.17) is 0 Å². The van der Waals surface area contributed by atoms with Gasteiger partial charge in [0.15, 0.2) is 6.54 Å². The van der Waals surface area contributed by atoms with Crippen molar-refractivity contribution >= 4 is 5.91 Å². The van der Waals surface area contributed by atoms with Crippen molar-refractivity contribution in [2.45, 2.75) is 39.3 Å². The second-order valence-electron chi connectivity index (χ2n) is 7.47. The van der Waals surface area contributed by atoms with Crippen molar-refractivity contribution in [1.82, 2.24) is 5.32 Å². The Morgan fingerprint density at radius 1 is 1.17 bits per heavy atom. The maximum atomic E-state index is 12.1. The second-order valence-corrected chi connectivity index (χ2v) is 7.47. The van der Waals surface area contributed by atoms with Gasteiger partial charge in [-0.2, -0.15) is 0 Å². The molecule has 0 bridgehead atoms. The van der Waals surface area contributed by atoms with Crippen LogP contribution in [0.4, 0.5) is 0 Å². The maximum Gasteiger partial charge on any atom is 0.275 e. The summed E-state index contributed by atoms with van der Waals surface area (Å²) in [6, 6.07) is 9.05. The van der Waals surface area contributed by atoms with Gasteiger partial charge < -0.3 is 15.1 Å². The molecule has 1 aliphatic heterocycles. The minimum absolute atomic E-state index is 0.238. The molecule has 1 heterocycles. The molecule has 23 heavy (non-hydrogen) atoms. The smallest absolute Gasteiger partial charge is 0.275 e. The van der Waals surface area contributed by atoms with Crippen LogP contribution in [0.3, 0.4) is 0 Å². The number of benzene rings is 1. The van der Waals surface area contributed by atoms with E-state index in [1.807, 2.05) is 0 Å². The highest BCUT2D eigenvalue weighted by Gasteiger charge is 2.30. The van der Waals surface area contributed by atoms with Gasteiger partial charge in [0.1, 0.15) is 32.7 Å². The van der Waals surface area contributed by atoms with Crippen LogP contribution in [0.25, 0.3) is 0 Å². The van der Waals surface area contributed by atoms with E-state index in [1.165, 1.54) is 28.9 Å². The molecule has 3 rings (SSSR count). The molecule has 1 aromatic carbocycles. The van der Waals surface area contributed by atoms with Crippen molar-refractivity contribution < 1.29 is 14.6 Å². The molecule has 126 valence electrons. The van der Waals surface area contributed by atoms with Crippen LogP contribution in [0.15, 0.2) is 24.3 Å². The van der Waals surface area contributed by atoms with Crippen LogP contribution >= 0.6 is 0 Å². The number of carbonyl (C=O) groups excluding carboxylic acids is 1. The van der Waals surface area contributed by atoms with Gasteiger partial charge >= 0.3 is 0 Å². The van der Waals surface area contributed by atoms with E-state index in [0.29, 0.717) is 12.6 Å². The fourth-order valence-electron chi connectivity index (χ4n) is 3.63. The van der Waals surface area contributed by atoms with Crippen molar-refractivity contribution in [3.63, 3.8) is 0 Å². The molecule has 4 nitrogen and oxygen atoms in total. The number of piperazine rings is 1. The zero-order chi connectivity index (χ0) is 16.2. The third-order valence-electron chi connectivity index (χ3n) is 5.49. The van der Waals surface area contributed by atoms with E-state index in [-0.39, 0.29) is 5.91 Å². The van der Waals surface area contributed by atoms with Crippen molar-refractivity contribution in [3.05, 3.63) is 35.4 Å². The van der Waals surface area contributed by atoms with Gasteiger partial charge in [0.05, 0.1) is 0 Å². The lowest BCUT2D eigenvalue weighted by atomic mass is 10.1. The lowest BCUT2D eigenvalue weighted by Gasteiger charge is -2.30. The Morgan fingerprint density at radius 2 is 1.83 bits per heavy atom. The standard InChI is InChI=1S/C19H29N3O/c1-15-5-3-4-6-18(15)13-21-9-11-22(12-10-21)14-19(23)20-16(2)17-7-8-17/h3-6,16-17H,7-14H2,1-2H3,(H,20,23)/p+2/t16-/m0/s1. The van der Waals surface area contributed by atoms with Crippen LogP contribution in [0.2, 0.25) is 0 Å². The lowest BCUT2D eigenvalue weighted by molar-refractivity contribution is -1.02. The Bertz CT molecular complexity index is 533. The molecular weight excluding hydrogens is 286 g/mol. The average Bonchev–Trinajstić information content (AvgIpc) is 3.36. The van der Waals surface area contributed by atoms with Crippen LogP contribution in [-0.4, -0.2) is 44.7 Å². The Balaban J connectivity index is 1.39. The van der Waals surface area contributed by atoms with Crippen molar-refractivity contribution in [2.75, 3.05) is 32.7 Å². The van der Waals surface area contributed by atoms with Crippen LogP contribution in [-0.2, 0) is 11.3 Å². The molecule has 1 aliphatic carbocycles. The molecule has 3 N–H and O–H groups in total. The number of amides is 1. The van der Waals surface area contributed by atoms with Crippen molar-refractivity contribution in [2.24, 2.45) is 5.92 Å². The van der Waals surface area contributed by atoms with Gasteiger partial charge in [-0.1, -0.05) is 24.3 Å². The molecular formula is C19H31N3O+2. The van der Waals surface area contributed by atoms with Gasteiger partial charge in [0.25, 0.3) is 5.91 Å². The van der Waals surface area contributed by atoms with Crippen LogP contribution in [0.5, 0.6) is 0 Å². The second kappa shape index (κ2) is 7.45. The summed E-state index contributed by atoms with van der Waals surface area (Å²) < 4.78 is 0. The number of quaternary nitrogens is 2. The van der Waals surface area contributed by atoms with E-state index in [2.05, 4.69) is 43.4 Å². The fraction of sp³-hybridized carbons (Fsp3) is 0.632. The minimum atomic E-state index is 0.238. The van der Waals surface area contributed by atoms with Gasteiger partial charge in [-0.3, -0.25) is 4.79 Å². The van der Waals surface area contributed by atoms with Crippen LogP contribution in [0.1, 0.15) is 30.9 Å². The highest BCUT2D eigenvalue weighted by Crippen LogP contribution is 2.32. The molecule has 2 fully saturated rings. The summed E-state index contributed by atoms with van der Waals surface area (Å²) in [7, 11) is 0. The molecule has 0 unspecified atom stereocenters. The van der Waals surface area contributed by atoms with Gasteiger partial charge in [-0.25, -0.2) is 0 Å². The lowest BCUT2D eigenvalue weighted by Crippen LogP contribution is -3.28. The molecule has 1 amide bonds. The molecule has 1 saturated carbocycles. The molecule has 0 spiro atoms. The molecule has 0 radical (unpaired) electrons. The number of carbonyl (C=O) groups is 1. The molecule has 2 aliphatic rings. The Morgan fingerprint density at radius 3 is 2.48 bits per heavy atom. The molecule has 1 saturated heterocycles. The first kappa shape index (κ1) is 16.5. The predicted molar refractivity (Wildman–Crippen MR) is 91.5 cm³/mol. The van der Waals surface area contributed by atoms with Crippen LogP contribution in [0, 0.1) is 12.8 Å². The van der Waals surface area contributed by atoms with Crippen molar-refractivity contribution in [1.29, 1.82) is 0 Å². The van der Waals surface area contributed by atoms with E-state index in [1.54, 1.807) is 4.90 Å². The summed E-state index contributed by atoms with van der Waals surface area (Å²) in [4.78, 5) is 15.2. The van der Waals surface area contributed by atoms with Gasteiger partial charge in [0.2, 0.25) is 0 Å². The fourth-order valence-corrected chi connectivity index (χ4v) is 3.63. The summed E-state index contributed by atoms with van der Waals surface area (Å²) in [6.45, 7) is 10.6. The zero-order valence-corrected chi connectivity index (χ0v) is 14.5. The first-order chi connectivity index (χ1) is 11.1. The first-order valence-corrected chi connectivity index (χ1v) is 9.13. The third-order valence-corrected chi connectivity index (χ3v) is 5.49. The van der Waals surface area contributed by atoms with E-state index in [0.717, 1.165) is 38.6 Å². The minimum Gasteiger partial charge on any atom is -0.348 e. The van der Waals surface area contributed by atoms with Gasteiger partial charge in [-0.05, 0) is 38.2 Å². The first-order valence-electron chi connectivity index (χ1n) is 9.13. The number of aryl methyl sites for hydroxylation is 1. The number of nitrogens with one attached hydrogen (secondary N) is 3. The van der Waals surface area contributed by atoms with Crippen molar-refractivity contribution in [3.8, 4) is 0 Å². The maximum absolute atomic E-state index is 12.1. The summed E-state index contributed by atoms with van der Waals surface area (Å²) in [5.41, 5.74) is 2.85. The number of hydrogen-bond acceptors (Lipinski definition) is 1. The molecule has 0 aromatic heterocycles. The number of rotatable bonds is 6. The van der Waals surface area contributed by atoms with E-state index in [9.17, 15) is 4.79 Å². The highest BCUT2D eigenvalue weighted by atomic mass is 16.2. The topological polar surface area (TPSA) is 38.0 Å². The molecule has 4 heteroatoms. The van der Waals surface area contributed by atoms with Crippen LogP contribution < -0.4 is 15.1 Å². The quantitative estimate of drug-likeness (QED) is 0.631. The normalized spacial score (nSPS) is 25.8. The summed E-state index contributed by atoms with van der Waals surface area (Å²) >= 11 is 0. The summed E-state index contributed by atoms with van der Waals surface area (Å²) in [6.07, 6.45) is 2.57. The van der Waals surface area contributed by atoms with E-state index >= 15 is 0 Å². The SMILES string of the molecule is Cc1ccccc1C[NH+]1CC[NH+](CC(=O)N[C@@H](C)C2CC2)CC1. The monoisotopic (exact) mass is 317 g/mol. The predicted octanol–water partition coefficient (Wildman–Crippen LogP) is -0.807. The van der Waals surface area contributed by atoms with Gasteiger partial charge in [0, 0.05) is 11.6 Å². The molecule has 1 aromatic rings. The third kappa shape index (κ3) is 4.79. The summed E-state index contributed by atoms with van der Waals surface area (Å²) in [5.74, 6) is 0.978. The number of hydrogen-bond donors (Lipinski definition) is 3. The van der Waals surface area contributed by atoms with Gasteiger partial charge in [-0.15, -0.1) is 0 Å². The average molecular weight is 317 g/mol. The summed E-state index contributed by atoms with van der Waals surface area (Å²) in [5, 5.41) is 3.18. The van der Waals surface area contributed by atoms with E-state index < -0.39 is 0 Å². The largest absolute Gasteiger partial charge is 0.348 e. The Labute approximate surface area is 139 Å².